The van der Waals surface area contributed by atoms with E-state index in [1.54, 1.807) is 0 Å². The molecule has 2 aromatic carbocycles. The third-order valence-corrected chi connectivity index (χ3v) is 6.16. The normalized spacial score (nSPS) is 12.8. The lowest BCUT2D eigenvalue weighted by Gasteiger charge is -2.09. The van der Waals surface area contributed by atoms with E-state index in [9.17, 15) is 8.42 Å². The topological polar surface area (TPSA) is 77.1 Å². The molecule has 0 saturated carbocycles. The Morgan fingerprint density at radius 3 is 2.35 bits per heavy atom. The fraction of sp³-hybridized carbons (Fsp3) is 0.263. The van der Waals surface area contributed by atoms with Crippen LogP contribution in [0.1, 0.15) is 29.8 Å². The molecule has 140 valence electrons. The van der Waals surface area contributed by atoms with Gasteiger partial charge in [-0.3, -0.25) is 0 Å². The van der Waals surface area contributed by atoms with E-state index < -0.39 is 10.0 Å². The van der Waals surface area contributed by atoms with Crippen LogP contribution in [0.25, 0.3) is 10.9 Å². The average molecular weight is 394 g/mol. The summed E-state index contributed by atoms with van der Waals surface area (Å²) >= 11 is 0. The molecule has 1 aromatic heterocycles. The second kappa shape index (κ2) is 7.80. The third-order valence-electron chi connectivity index (χ3n) is 4.58. The SMILES string of the molecule is Cc1c(S(=O)(=O)NCc2ccc(C(C)N)cc2)c2ccccc2n1C.Cl. The van der Waals surface area contributed by atoms with Crippen LogP contribution in [-0.2, 0) is 23.6 Å². The Morgan fingerprint density at radius 1 is 1.12 bits per heavy atom. The van der Waals surface area contributed by atoms with Gasteiger partial charge in [0.1, 0.15) is 4.90 Å². The molecule has 7 heteroatoms. The summed E-state index contributed by atoms with van der Waals surface area (Å²) < 4.78 is 30.4. The van der Waals surface area contributed by atoms with Crippen LogP contribution in [0.3, 0.4) is 0 Å². The van der Waals surface area contributed by atoms with Crippen molar-refractivity contribution in [1.82, 2.24) is 9.29 Å². The van der Waals surface area contributed by atoms with Gasteiger partial charge >= 0.3 is 0 Å². The second-order valence-corrected chi connectivity index (χ2v) is 8.05. The van der Waals surface area contributed by atoms with Crippen molar-refractivity contribution in [2.45, 2.75) is 31.3 Å². The smallest absolute Gasteiger partial charge is 0.243 e. The first-order valence-corrected chi connectivity index (χ1v) is 9.67. The number of benzene rings is 2. The Hall–Kier alpha value is -1.86. The molecule has 0 aliphatic carbocycles. The molecule has 5 nitrogen and oxygen atoms in total. The molecular formula is C19H24ClN3O2S. The number of aromatic nitrogens is 1. The van der Waals surface area contributed by atoms with E-state index in [0.717, 1.165) is 27.7 Å². The van der Waals surface area contributed by atoms with Crippen LogP contribution >= 0.6 is 12.4 Å². The Labute approximate surface area is 160 Å². The molecule has 1 unspecified atom stereocenters. The maximum absolute atomic E-state index is 12.9. The number of nitrogens with zero attached hydrogens (tertiary/aromatic N) is 1. The van der Waals surface area contributed by atoms with Crippen molar-refractivity contribution in [2.75, 3.05) is 0 Å². The molecule has 0 aliphatic heterocycles. The maximum Gasteiger partial charge on any atom is 0.243 e. The largest absolute Gasteiger partial charge is 0.347 e. The van der Waals surface area contributed by atoms with Gasteiger partial charge in [-0.25, -0.2) is 13.1 Å². The van der Waals surface area contributed by atoms with Crippen LogP contribution in [0.2, 0.25) is 0 Å². The van der Waals surface area contributed by atoms with E-state index in [0.29, 0.717) is 4.90 Å². The van der Waals surface area contributed by atoms with Gasteiger partial charge in [0.15, 0.2) is 0 Å². The lowest BCUT2D eigenvalue weighted by molar-refractivity contribution is 0.581. The first-order chi connectivity index (χ1) is 11.8. The van der Waals surface area contributed by atoms with Crippen LogP contribution in [0.15, 0.2) is 53.4 Å². The van der Waals surface area contributed by atoms with Crippen molar-refractivity contribution in [3.8, 4) is 0 Å². The monoisotopic (exact) mass is 393 g/mol. The lowest BCUT2D eigenvalue weighted by atomic mass is 10.1. The highest BCUT2D eigenvalue weighted by atomic mass is 35.5. The Kier molecular flexibility index (Phi) is 6.13. The molecule has 0 fully saturated rings. The van der Waals surface area contributed by atoms with Gasteiger partial charge in [-0.2, -0.15) is 0 Å². The molecular weight excluding hydrogens is 370 g/mol. The van der Waals surface area contributed by atoms with Crippen LogP contribution in [-0.4, -0.2) is 13.0 Å². The highest BCUT2D eigenvalue weighted by Crippen LogP contribution is 2.28. The summed E-state index contributed by atoms with van der Waals surface area (Å²) in [6, 6.07) is 15.1. The van der Waals surface area contributed by atoms with Gasteiger partial charge in [0, 0.05) is 36.2 Å². The van der Waals surface area contributed by atoms with Crippen molar-refractivity contribution in [3.63, 3.8) is 0 Å². The zero-order valence-corrected chi connectivity index (χ0v) is 16.7. The third kappa shape index (κ3) is 3.78. The summed E-state index contributed by atoms with van der Waals surface area (Å²) in [6.45, 7) is 3.98. The number of fused-ring (bicyclic) bond motifs is 1. The van der Waals surface area contributed by atoms with Gasteiger partial charge in [0.25, 0.3) is 0 Å². The Bertz CT molecular complexity index is 1010. The highest BCUT2D eigenvalue weighted by Gasteiger charge is 2.23. The van der Waals surface area contributed by atoms with E-state index in [4.69, 9.17) is 5.73 Å². The minimum atomic E-state index is -3.62. The van der Waals surface area contributed by atoms with Gasteiger partial charge in [-0.15, -0.1) is 12.4 Å². The van der Waals surface area contributed by atoms with Crippen LogP contribution in [0.4, 0.5) is 0 Å². The molecule has 0 amide bonds. The maximum atomic E-state index is 12.9. The molecule has 1 heterocycles. The number of nitrogens with two attached hydrogens (primary N) is 1. The van der Waals surface area contributed by atoms with Gasteiger partial charge in [0.05, 0.1) is 0 Å². The van der Waals surface area contributed by atoms with Crippen molar-refractivity contribution < 1.29 is 8.42 Å². The number of sulfonamides is 1. The van der Waals surface area contributed by atoms with Crippen molar-refractivity contribution in [3.05, 3.63) is 65.4 Å². The van der Waals surface area contributed by atoms with Crippen LogP contribution in [0.5, 0.6) is 0 Å². The van der Waals surface area contributed by atoms with E-state index in [1.165, 1.54) is 0 Å². The second-order valence-electron chi connectivity index (χ2n) is 6.35. The summed E-state index contributed by atoms with van der Waals surface area (Å²) in [4.78, 5) is 0.345. The van der Waals surface area contributed by atoms with E-state index in [-0.39, 0.29) is 25.0 Å². The van der Waals surface area contributed by atoms with E-state index in [2.05, 4.69) is 4.72 Å². The van der Waals surface area contributed by atoms with Gasteiger partial charge in [-0.1, -0.05) is 42.5 Å². The van der Waals surface area contributed by atoms with Gasteiger partial charge < -0.3 is 10.3 Å². The molecule has 0 spiro atoms. The fourth-order valence-electron chi connectivity index (χ4n) is 3.01. The zero-order valence-electron chi connectivity index (χ0n) is 15.1. The van der Waals surface area contributed by atoms with Crippen molar-refractivity contribution >= 4 is 33.3 Å². The molecule has 26 heavy (non-hydrogen) atoms. The molecule has 0 aliphatic rings. The number of aryl methyl sites for hydroxylation is 1. The first-order valence-electron chi connectivity index (χ1n) is 8.19. The number of para-hydroxylation sites is 1. The standard InChI is InChI=1S/C19H23N3O2S.ClH/c1-13(20)16-10-8-15(9-11-16)12-21-25(23,24)19-14(2)22(3)18-7-5-4-6-17(18)19;/h4-11,13,21H,12,20H2,1-3H3;1H. The number of nitrogens with one attached hydrogen (secondary N) is 1. The van der Waals surface area contributed by atoms with Crippen molar-refractivity contribution in [2.24, 2.45) is 12.8 Å². The summed E-state index contributed by atoms with van der Waals surface area (Å²) in [5.74, 6) is 0. The number of hydrogen-bond donors (Lipinski definition) is 2. The number of halogens is 1. The lowest BCUT2D eigenvalue weighted by Crippen LogP contribution is -2.24. The molecule has 3 rings (SSSR count). The minimum absolute atomic E-state index is 0. The molecule has 0 saturated heterocycles. The quantitative estimate of drug-likeness (QED) is 0.697. The predicted molar refractivity (Wildman–Crippen MR) is 108 cm³/mol. The van der Waals surface area contributed by atoms with Crippen LogP contribution in [0, 0.1) is 6.92 Å². The zero-order chi connectivity index (χ0) is 18.2. The molecule has 1 atom stereocenters. The molecule has 0 radical (unpaired) electrons. The summed E-state index contributed by atoms with van der Waals surface area (Å²) in [5, 5.41) is 0.738. The Balaban J connectivity index is 0.00000243. The first kappa shape index (κ1) is 20.5. The van der Waals surface area contributed by atoms with Gasteiger partial charge in [0.2, 0.25) is 10.0 Å². The fourth-order valence-corrected chi connectivity index (χ4v) is 4.50. The molecule has 0 bridgehead atoms. The van der Waals surface area contributed by atoms with Crippen LogP contribution < -0.4 is 10.5 Å². The number of hydrogen-bond acceptors (Lipinski definition) is 3. The highest BCUT2D eigenvalue weighted by molar-refractivity contribution is 7.89. The number of rotatable bonds is 5. The van der Waals surface area contributed by atoms with E-state index in [1.807, 2.05) is 74.0 Å². The summed E-state index contributed by atoms with van der Waals surface area (Å²) in [7, 11) is -1.74. The summed E-state index contributed by atoms with van der Waals surface area (Å²) in [5.41, 5.74) is 9.39. The molecule has 3 N–H and O–H groups in total. The van der Waals surface area contributed by atoms with Gasteiger partial charge in [-0.05, 0) is 31.0 Å². The predicted octanol–water partition coefficient (Wildman–Crippen LogP) is 3.41. The molecule has 3 aromatic rings. The Morgan fingerprint density at radius 2 is 1.73 bits per heavy atom. The van der Waals surface area contributed by atoms with E-state index >= 15 is 0 Å². The van der Waals surface area contributed by atoms with Crippen molar-refractivity contribution in [1.29, 1.82) is 0 Å². The minimum Gasteiger partial charge on any atom is -0.347 e. The summed E-state index contributed by atoms with van der Waals surface area (Å²) in [6.07, 6.45) is 0. The average Bonchev–Trinajstić information content (AvgIpc) is 2.85.